The number of aromatic nitrogens is 6. The number of carboxylic acids is 2. The number of aryl methyl sites for hydroxylation is 2. The van der Waals surface area contributed by atoms with Crippen LogP contribution in [0.1, 0.15) is 98.5 Å². The van der Waals surface area contributed by atoms with Crippen LogP contribution in [0.4, 0.5) is 0 Å². The van der Waals surface area contributed by atoms with Crippen LogP contribution in [-0.2, 0) is 83.2 Å². The maximum absolute atomic E-state index is 13.9. The molecule has 0 bridgehead atoms. The van der Waals surface area contributed by atoms with Gasteiger partial charge in [-0.3, -0.25) is 9.59 Å². The number of benzene rings is 4. The molecule has 2 aliphatic heterocycles. The van der Waals surface area contributed by atoms with Crippen molar-refractivity contribution in [2.75, 3.05) is 26.3 Å². The standard InChI is InChI=1S/C54H66N8O13S2/c1-35-17-19-39(25-41(35)29-61-27-37(3)74-45-13-9-11-15-47(45)76(61,67)68)49(53(5,6)51(63)64)72-33-43-31-59(57-55-43)21-23-71-24-22-60-32-44(56-58-60)34-73-50(54(7,8)52(65)66)40-20-18-36(2)42(26-40)30-62-28-38(4)75-46-14-10-12-16-48(46)77(62,69)70/h9-20,25-26,31-32,37-38,49-50H,21-24,27-30,33-34H2,1-8H3,(H,63,64)(H,65,66)/t37-,38-,49?,50?/m1/s1. The van der Waals surface area contributed by atoms with Crippen molar-refractivity contribution in [1.29, 1.82) is 0 Å². The van der Waals surface area contributed by atoms with E-state index in [1.807, 2.05) is 39.8 Å². The molecule has 2 N–H and O–H groups in total. The lowest BCUT2D eigenvalue weighted by Crippen LogP contribution is -2.36. The number of carboxylic acid groups (broad SMARTS) is 2. The number of hydrogen-bond acceptors (Lipinski definition) is 15. The van der Waals surface area contributed by atoms with Crippen molar-refractivity contribution in [2.45, 2.75) is 129 Å². The van der Waals surface area contributed by atoms with E-state index in [4.69, 9.17) is 23.7 Å². The van der Waals surface area contributed by atoms with Gasteiger partial charge in [-0.05, 0) is 113 Å². The summed E-state index contributed by atoms with van der Waals surface area (Å²) in [4.78, 5) is 25.5. The van der Waals surface area contributed by atoms with Gasteiger partial charge in [0.1, 0.15) is 44.9 Å². The Hall–Kier alpha value is -6.60. The lowest BCUT2D eigenvalue weighted by Gasteiger charge is -2.31. The zero-order valence-corrected chi connectivity index (χ0v) is 46.0. The molecule has 0 radical (unpaired) electrons. The SMILES string of the molecule is Cc1ccc(C(OCc2cn(CCOCCn3cc(COC(c4ccc(C)c(CN5C[C@@H](C)Oc6ccccc6S5(=O)=O)c4)C(C)(C)C(=O)O)nn3)nn2)C(C)(C)C(=O)O)cc1CN1C[C@@H](C)Oc2ccccc2S1(=O)=O. The Labute approximate surface area is 448 Å². The summed E-state index contributed by atoms with van der Waals surface area (Å²) in [6.07, 6.45) is 0.641. The van der Waals surface area contributed by atoms with Crippen LogP contribution in [0.15, 0.2) is 107 Å². The Kier molecular flexibility index (Phi) is 17.0. The summed E-state index contributed by atoms with van der Waals surface area (Å²) in [5.41, 5.74) is 2.28. The predicted molar refractivity (Wildman–Crippen MR) is 279 cm³/mol. The second-order valence-electron chi connectivity index (χ2n) is 20.7. The van der Waals surface area contributed by atoms with E-state index < -0.39 is 67.2 Å². The third kappa shape index (κ3) is 12.7. The summed E-state index contributed by atoms with van der Waals surface area (Å²) >= 11 is 0. The number of nitrogens with zero attached hydrogens (tertiary/aromatic N) is 8. The van der Waals surface area contributed by atoms with Crippen LogP contribution >= 0.6 is 0 Å². The van der Waals surface area contributed by atoms with Crippen LogP contribution in [0, 0.1) is 24.7 Å². The van der Waals surface area contributed by atoms with Gasteiger partial charge in [0, 0.05) is 13.1 Å². The van der Waals surface area contributed by atoms with Crippen LogP contribution < -0.4 is 9.47 Å². The Morgan fingerprint density at radius 3 is 1.42 bits per heavy atom. The molecular weight excluding hydrogens is 1030 g/mol. The van der Waals surface area contributed by atoms with E-state index in [0.717, 1.165) is 11.1 Å². The fourth-order valence-corrected chi connectivity index (χ4v) is 12.5. The molecule has 0 aliphatic carbocycles. The molecule has 21 nitrogen and oxygen atoms in total. The van der Waals surface area contributed by atoms with Gasteiger partial charge in [0.05, 0.1) is 88.0 Å². The Balaban J connectivity index is 0.846. The molecule has 8 rings (SSSR count). The molecule has 77 heavy (non-hydrogen) atoms. The second-order valence-corrected chi connectivity index (χ2v) is 24.5. The normalized spacial score (nSPS) is 18.4. The molecule has 4 heterocycles. The summed E-state index contributed by atoms with van der Waals surface area (Å²) in [6.45, 7) is 15.1. The van der Waals surface area contributed by atoms with Gasteiger partial charge in [-0.25, -0.2) is 26.2 Å². The highest BCUT2D eigenvalue weighted by molar-refractivity contribution is 7.89. The summed E-state index contributed by atoms with van der Waals surface area (Å²) in [5, 5.41) is 37.6. The third-order valence-corrected chi connectivity index (χ3v) is 17.6. The largest absolute Gasteiger partial charge is 0.488 e. The van der Waals surface area contributed by atoms with E-state index in [1.165, 1.54) is 20.7 Å². The van der Waals surface area contributed by atoms with Crippen molar-refractivity contribution in [3.8, 4) is 11.5 Å². The highest BCUT2D eigenvalue weighted by Crippen LogP contribution is 2.41. The molecule has 2 unspecified atom stereocenters. The monoisotopic (exact) mass is 1100 g/mol. The van der Waals surface area contributed by atoms with Crippen LogP contribution in [0.25, 0.3) is 0 Å². The van der Waals surface area contributed by atoms with Gasteiger partial charge in [0.2, 0.25) is 20.0 Å². The lowest BCUT2D eigenvalue weighted by atomic mass is 9.81. The molecule has 23 heteroatoms. The summed E-state index contributed by atoms with van der Waals surface area (Å²) in [5.74, 6) is -1.57. The van der Waals surface area contributed by atoms with Crippen molar-refractivity contribution in [3.63, 3.8) is 0 Å². The number of rotatable bonds is 22. The molecule has 2 aromatic heterocycles. The first-order valence-corrected chi connectivity index (χ1v) is 28.1. The maximum atomic E-state index is 13.9. The molecule has 0 spiro atoms. The molecule has 0 amide bonds. The molecule has 2 aliphatic rings. The minimum absolute atomic E-state index is 0.0364. The van der Waals surface area contributed by atoms with Gasteiger partial charge in [-0.15, -0.1) is 10.2 Å². The lowest BCUT2D eigenvalue weighted by molar-refractivity contribution is -0.159. The highest BCUT2D eigenvalue weighted by Gasteiger charge is 2.42. The van der Waals surface area contributed by atoms with Gasteiger partial charge in [-0.1, -0.05) is 71.1 Å². The molecule has 4 atom stereocenters. The second kappa shape index (κ2) is 23.2. The Morgan fingerprint density at radius 1 is 0.636 bits per heavy atom. The molecule has 0 saturated heterocycles. The van der Waals surface area contributed by atoms with E-state index in [9.17, 15) is 36.6 Å². The van der Waals surface area contributed by atoms with Crippen molar-refractivity contribution in [1.82, 2.24) is 38.6 Å². The fourth-order valence-electron chi connectivity index (χ4n) is 9.26. The topological polar surface area (TPSA) is 257 Å². The highest BCUT2D eigenvalue weighted by atomic mass is 32.2. The Bertz CT molecular complexity index is 3110. The zero-order chi connectivity index (χ0) is 55.5. The molecule has 412 valence electrons. The zero-order valence-electron chi connectivity index (χ0n) is 44.4. The third-order valence-electron chi connectivity index (χ3n) is 13.9. The number of fused-ring (bicyclic) bond motifs is 2. The van der Waals surface area contributed by atoms with E-state index in [-0.39, 0.29) is 62.4 Å². The van der Waals surface area contributed by atoms with Gasteiger partial charge >= 0.3 is 11.9 Å². The molecular formula is C54H66N8O13S2. The number of hydrogen-bond donors (Lipinski definition) is 2. The van der Waals surface area contributed by atoms with E-state index in [0.29, 0.717) is 58.2 Å². The first-order valence-electron chi connectivity index (χ1n) is 25.2. The average Bonchev–Trinajstić information content (AvgIpc) is 4.02. The first kappa shape index (κ1) is 56.6. The van der Waals surface area contributed by atoms with Crippen molar-refractivity contribution in [3.05, 3.63) is 142 Å². The summed E-state index contributed by atoms with van der Waals surface area (Å²) in [7, 11) is -7.84. The number of aliphatic carboxylic acids is 2. The summed E-state index contributed by atoms with van der Waals surface area (Å²) < 4.78 is 91.9. The number of ether oxygens (including phenoxy) is 5. The maximum Gasteiger partial charge on any atom is 0.312 e. The van der Waals surface area contributed by atoms with Gasteiger partial charge in [0.15, 0.2) is 0 Å². The predicted octanol–water partition coefficient (Wildman–Crippen LogP) is 6.88. The van der Waals surface area contributed by atoms with Crippen LogP contribution in [0.2, 0.25) is 0 Å². The van der Waals surface area contributed by atoms with Crippen molar-refractivity contribution >= 4 is 32.0 Å². The molecule has 0 saturated carbocycles. The minimum Gasteiger partial charge on any atom is -0.488 e. The van der Waals surface area contributed by atoms with Gasteiger partial charge < -0.3 is 33.9 Å². The first-order chi connectivity index (χ1) is 36.4. The van der Waals surface area contributed by atoms with E-state index in [1.54, 1.807) is 110 Å². The Morgan fingerprint density at radius 2 is 1.03 bits per heavy atom. The number of carbonyl (C=O) groups is 2. The van der Waals surface area contributed by atoms with E-state index in [2.05, 4.69) is 20.6 Å². The smallest absolute Gasteiger partial charge is 0.312 e. The number of para-hydroxylation sites is 2. The van der Waals surface area contributed by atoms with Crippen LogP contribution in [-0.4, -0.2) is 116 Å². The van der Waals surface area contributed by atoms with Crippen molar-refractivity contribution in [2.24, 2.45) is 10.8 Å². The van der Waals surface area contributed by atoms with Gasteiger partial charge in [-0.2, -0.15) is 8.61 Å². The molecule has 0 fully saturated rings. The van der Waals surface area contributed by atoms with Crippen LogP contribution in [0.3, 0.4) is 0 Å². The van der Waals surface area contributed by atoms with Crippen LogP contribution in [0.5, 0.6) is 11.5 Å². The van der Waals surface area contributed by atoms with Gasteiger partial charge in [0.25, 0.3) is 0 Å². The van der Waals surface area contributed by atoms with Crippen molar-refractivity contribution < 1.29 is 60.3 Å². The molecule has 6 aromatic rings. The fraction of sp³-hybridized carbons (Fsp3) is 0.444. The summed E-state index contributed by atoms with van der Waals surface area (Å²) in [6, 6.07) is 24.0. The van der Waals surface area contributed by atoms with E-state index >= 15 is 0 Å². The quantitative estimate of drug-likeness (QED) is 0.0656. The molecule has 4 aromatic carbocycles. The minimum atomic E-state index is -3.92. The average molecular weight is 1100 g/mol. The number of sulfonamides is 2.